The molecule has 0 spiro atoms. The molecule has 12 heteroatoms. The van der Waals surface area contributed by atoms with Gasteiger partial charge in [-0.05, 0) is 50.6 Å². The largest absolute Gasteiger partial charge is 0.573 e. The first-order valence-electron chi connectivity index (χ1n) is 8.68. The van der Waals surface area contributed by atoms with Crippen molar-refractivity contribution >= 4 is 21.7 Å². The second-order valence-corrected chi connectivity index (χ2v) is 7.48. The average Bonchev–Trinajstić information content (AvgIpc) is 3.06. The molecule has 31 heavy (non-hydrogen) atoms. The van der Waals surface area contributed by atoms with Gasteiger partial charge in [0, 0.05) is 16.2 Å². The zero-order valence-electron chi connectivity index (χ0n) is 16.3. The molecule has 1 aromatic carbocycles. The highest BCUT2D eigenvalue weighted by Crippen LogP contribution is 2.33. The van der Waals surface area contributed by atoms with Crippen LogP contribution in [-0.4, -0.2) is 32.9 Å². The van der Waals surface area contributed by atoms with Crippen LogP contribution < -0.4 is 4.74 Å². The summed E-state index contributed by atoms with van der Waals surface area (Å²) in [7, 11) is 0. The van der Waals surface area contributed by atoms with Crippen LogP contribution in [0, 0.1) is 6.92 Å². The highest BCUT2D eigenvalue weighted by Gasteiger charge is 2.35. The molecule has 1 N–H and O–H groups in total. The fourth-order valence-corrected chi connectivity index (χ4v) is 3.21. The lowest BCUT2D eigenvalue weighted by atomic mass is 9.99. The Kier molecular flexibility index (Phi) is 7.26. The van der Waals surface area contributed by atoms with Crippen molar-refractivity contribution in [3.63, 3.8) is 0 Å². The second-order valence-electron chi connectivity index (χ2n) is 6.62. The molecule has 0 fully saturated rings. The fraction of sp³-hybridized carbons (Fsp3) is 0.368. The third-order valence-corrected chi connectivity index (χ3v) is 5.69. The van der Waals surface area contributed by atoms with Gasteiger partial charge in [0.15, 0.2) is 11.5 Å². The van der Waals surface area contributed by atoms with Crippen molar-refractivity contribution in [1.29, 1.82) is 0 Å². The van der Waals surface area contributed by atoms with Crippen molar-refractivity contribution in [2.75, 3.05) is 0 Å². The van der Waals surface area contributed by atoms with E-state index < -0.39 is 41.9 Å². The summed E-state index contributed by atoms with van der Waals surface area (Å²) in [5.41, 5.74) is -1.03. The SMILES string of the molecule is C/C(=C(\Br)[C@@H](C)n1cc(C(F)(F)F)nc1C)C(O)C(=O)c1ccc(OC(F)(F)F)cc1. The topological polar surface area (TPSA) is 64.3 Å². The van der Waals surface area contributed by atoms with Crippen LogP contribution in [0.25, 0.3) is 0 Å². The number of rotatable bonds is 6. The summed E-state index contributed by atoms with van der Waals surface area (Å²) in [6.45, 7) is 4.33. The molecule has 2 aromatic rings. The summed E-state index contributed by atoms with van der Waals surface area (Å²) in [5.74, 6) is -1.26. The molecule has 1 heterocycles. The lowest BCUT2D eigenvalue weighted by Crippen LogP contribution is -2.24. The van der Waals surface area contributed by atoms with E-state index in [2.05, 4.69) is 25.7 Å². The standard InChI is InChI=1S/C19H17BrF6N2O3/c1-9(15(20)10(2)28-8-14(18(21,22)23)27-11(28)3)16(29)17(30)12-4-6-13(7-5-12)31-19(24,25)26/h4-8,10,16,29H,1-3H3/b15-9+/t10-,16?/m1/s1. The summed E-state index contributed by atoms with van der Waals surface area (Å²) in [4.78, 5) is 16.0. The van der Waals surface area contributed by atoms with Gasteiger partial charge in [0.1, 0.15) is 17.7 Å². The number of aliphatic hydroxyl groups is 1. The number of nitrogens with zero attached hydrogens (tertiary/aromatic N) is 2. The van der Waals surface area contributed by atoms with Crippen molar-refractivity contribution in [2.24, 2.45) is 0 Å². The Balaban J connectivity index is 2.24. The van der Waals surface area contributed by atoms with Crippen LogP contribution in [0.3, 0.4) is 0 Å². The maximum absolute atomic E-state index is 12.9. The molecule has 0 amide bonds. The van der Waals surface area contributed by atoms with E-state index in [9.17, 15) is 36.2 Å². The van der Waals surface area contributed by atoms with Gasteiger partial charge in [-0.2, -0.15) is 13.2 Å². The van der Waals surface area contributed by atoms with E-state index in [1.807, 2.05) is 0 Å². The molecule has 2 rings (SSSR count). The monoisotopic (exact) mass is 514 g/mol. The van der Waals surface area contributed by atoms with E-state index in [4.69, 9.17) is 0 Å². The minimum absolute atomic E-state index is 0.0747. The van der Waals surface area contributed by atoms with Crippen molar-refractivity contribution in [3.8, 4) is 5.75 Å². The zero-order chi connectivity index (χ0) is 23.7. The number of halogens is 7. The predicted octanol–water partition coefficient (Wildman–Crippen LogP) is 5.58. The number of ether oxygens (including phenoxy) is 1. The number of alkyl halides is 6. The number of imidazole rings is 1. The van der Waals surface area contributed by atoms with Crippen molar-refractivity contribution < 1.29 is 41.0 Å². The van der Waals surface area contributed by atoms with Crippen LogP contribution >= 0.6 is 15.9 Å². The van der Waals surface area contributed by atoms with Gasteiger partial charge in [-0.15, -0.1) is 13.2 Å². The number of Topliss-reactive ketones (excluding diaryl/α,β-unsaturated/α-hetero) is 1. The Bertz CT molecular complexity index is 980. The Morgan fingerprint density at radius 3 is 2.16 bits per heavy atom. The Morgan fingerprint density at radius 2 is 1.71 bits per heavy atom. The summed E-state index contributed by atoms with van der Waals surface area (Å²) in [6.07, 6.45) is -10.4. The maximum Gasteiger partial charge on any atom is 0.573 e. The average molecular weight is 515 g/mol. The third-order valence-electron chi connectivity index (χ3n) is 4.40. The first-order chi connectivity index (χ1) is 14.1. The van der Waals surface area contributed by atoms with Crippen LogP contribution in [-0.2, 0) is 6.18 Å². The fourth-order valence-electron chi connectivity index (χ4n) is 2.77. The van der Waals surface area contributed by atoms with E-state index in [0.717, 1.165) is 30.5 Å². The molecule has 0 saturated heterocycles. The number of carbonyl (C=O) groups is 1. The number of hydrogen-bond donors (Lipinski definition) is 1. The van der Waals surface area contributed by atoms with Crippen LogP contribution in [0.5, 0.6) is 5.75 Å². The highest BCUT2D eigenvalue weighted by atomic mass is 79.9. The van der Waals surface area contributed by atoms with Gasteiger partial charge in [0.05, 0.1) is 6.04 Å². The predicted molar refractivity (Wildman–Crippen MR) is 102 cm³/mol. The number of allylic oxidation sites excluding steroid dienone is 1. The van der Waals surface area contributed by atoms with E-state index in [-0.39, 0.29) is 21.4 Å². The van der Waals surface area contributed by atoms with Crippen LogP contribution in [0.2, 0.25) is 0 Å². The van der Waals surface area contributed by atoms with Crippen LogP contribution in [0.1, 0.15) is 41.8 Å². The Morgan fingerprint density at radius 1 is 1.16 bits per heavy atom. The van der Waals surface area contributed by atoms with Crippen molar-refractivity contribution in [2.45, 2.75) is 45.5 Å². The maximum atomic E-state index is 12.9. The molecular formula is C19H17BrF6N2O3. The van der Waals surface area contributed by atoms with Crippen molar-refractivity contribution in [3.05, 3.63) is 57.6 Å². The molecule has 170 valence electrons. The Labute approximate surface area is 181 Å². The molecule has 0 aliphatic rings. The van der Waals surface area contributed by atoms with Gasteiger partial charge in [0.25, 0.3) is 0 Å². The summed E-state index contributed by atoms with van der Waals surface area (Å²) < 4.78 is 80.5. The normalized spacial score (nSPS) is 15.3. The number of aliphatic hydroxyl groups excluding tert-OH is 1. The number of ketones is 1. The molecule has 0 bridgehead atoms. The first-order valence-corrected chi connectivity index (χ1v) is 9.48. The van der Waals surface area contributed by atoms with Gasteiger partial charge in [-0.25, -0.2) is 4.98 Å². The number of aromatic nitrogens is 2. The summed E-state index contributed by atoms with van der Waals surface area (Å²) in [5, 5.41) is 10.4. The molecule has 5 nitrogen and oxygen atoms in total. The molecule has 0 radical (unpaired) electrons. The van der Waals surface area contributed by atoms with Gasteiger partial charge in [-0.3, -0.25) is 4.79 Å². The summed E-state index contributed by atoms with van der Waals surface area (Å²) >= 11 is 3.22. The van der Waals surface area contributed by atoms with E-state index in [1.165, 1.54) is 18.4 Å². The van der Waals surface area contributed by atoms with Crippen LogP contribution in [0.4, 0.5) is 26.3 Å². The first kappa shape index (κ1) is 24.9. The minimum Gasteiger partial charge on any atom is -0.406 e. The molecule has 0 saturated carbocycles. The highest BCUT2D eigenvalue weighted by molar-refractivity contribution is 9.11. The second kappa shape index (κ2) is 9.03. The van der Waals surface area contributed by atoms with E-state index in [0.29, 0.717) is 0 Å². The van der Waals surface area contributed by atoms with E-state index in [1.54, 1.807) is 6.92 Å². The number of benzene rings is 1. The number of aryl methyl sites for hydroxylation is 1. The Hall–Kier alpha value is -2.34. The lowest BCUT2D eigenvalue weighted by molar-refractivity contribution is -0.274. The molecule has 0 aliphatic carbocycles. The van der Waals surface area contributed by atoms with Gasteiger partial charge < -0.3 is 14.4 Å². The number of carbonyl (C=O) groups excluding carboxylic acids is 1. The molecular weight excluding hydrogens is 498 g/mol. The molecule has 1 unspecified atom stereocenters. The van der Waals surface area contributed by atoms with Gasteiger partial charge in [0.2, 0.25) is 0 Å². The number of hydrogen-bond acceptors (Lipinski definition) is 4. The van der Waals surface area contributed by atoms with Gasteiger partial charge in [-0.1, -0.05) is 15.9 Å². The zero-order valence-corrected chi connectivity index (χ0v) is 17.9. The smallest absolute Gasteiger partial charge is 0.406 e. The summed E-state index contributed by atoms with van der Waals surface area (Å²) in [6, 6.07) is 3.25. The molecule has 0 aliphatic heterocycles. The van der Waals surface area contributed by atoms with E-state index >= 15 is 0 Å². The quantitative estimate of drug-likeness (QED) is 0.403. The molecule has 1 aromatic heterocycles. The van der Waals surface area contributed by atoms with Crippen LogP contribution in [0.15, 0.2) is 40.5 Å². The third kappa shape index (κ3) is 6.10. The lowest BCUT2D eigenvalue weighted by Gasteiger charge is -2.20. The van der Waals surface area contributed by atoms with Gasteiger partial charge >= 0.3 is 12.5 Å². The molecule has 2 atom stereocenters. The minimum atomic E-state index is -4.89. The van der Waals surface area contributed by atoms with Crippen molar-refractivity contribution in [1.82, 2.24) is 9.55 Å².